The molecule has 2 aromatic rings. The number of fused-ring (bicyclic) bond motifs is 3. The third-order valence-corrected chi connectivity index (χ3v) is 6.31. The summed E-state index contributed by atoms with van der Waals surface area (Å²) in [5.41, 5.74) is 4.68. The summed E-state index contributed by atoms with van der Waals surface area (Å²) in [5.74, 6) is -1.18. The van der Waals surface area contributed by atoms with Crippen LogP contribution in [0.15, 0.2) is 48.5 Å². The van der Waals surface area contributed by atoms with E-state index >= 15 is 0 Å². The lowest BCUT2D eigenvalue weighted by atomic mass is 9.98. The van der Waals surface area contributed by atoms with E-state index in [1.54, 1.807) is 4.90 Å². The first-order chi connectivity index (χ1) is 16.3. The number of benzene rings is 2. The fraction of sp³-hybridized carbons (Fsp3) is 0.444. The Bertz CT molecular complexity index is 974. The molecule has 0 bridgehead atoms. The molecule has 3 rings (SSSR count). The highest BCUT2D eigenvalue weighted by Crippen LogP contribution is 2.44. The largest absolute Gasteiger partial charge is 0.481 e. The van der Waals surface area contributed by atoms with Gasteiger partial charge in [0.1, 0.15) is 6.61 Å². The monoisotopic (exact) mass is 466 g/mol. The molecule has 0 aliphatic heterocycles. The van der Waals surface area contributed by atoms with E-state index in [9.17, 15) is 14.4 Å². The highest BCUT2D eigenvalue weighted by Gasteiger charge is 2.29. The minimum Gasteiger partial charge on any atom is -0.481 e. The fourth-order valence-corrected chi connectivity index (χ4v) is 4.47. The summed E-state index contributed by atoms with van der Waals surface area (Å²) < 4.78 is 5.54. The normalized spacial score (nSPS) is 13.2. The molecule has 2 amide bonds. The predicted molar refractivity (Wildman–Crippen MR) is 131 cm³/mol. The van der Waals surface area contributed by atoms with Crippen LogP contribution in [0.2, 0.25) is 0 Å². The Morgan fingerprint density at radius 2 is 1.59 bits per heavy atom. The van der Waals surface area contributed by atoms with Gasteiger partial charge in [-0.15, -0.1) is 0 Å². The number of amides is 2. The van der Waals surface area contributed by atoms with Crippen LogP contribution in [0.3, 0.4) is 0 Å². The van der Waals surface area contributed by atoms with Gasteiger partial charge in [-0.05, 0) is 48.9 Å². The average molecular weight is 467 g/mol. The van der Waals surface area contributed by atoms with Crippen molar-refractivity contribution >= 4 is 18.0 Å². The van der Waals surface area contributed by atoms with E-state index < -0.39 is 12.1 Å². The zero-order chi connectivity index (χ0) is 24.7. The summed E-state index contributed by atoms with van der Waals surface area (Å²) in [6, 6.07) is 16.3. The lowest BCUT2D eigenvalue weighted by molar-refractivity contribution is -0.140. The van der Waals surface area contributed by atoms with E-state index in [4.69, 9.17) is 9.84 Å². The number of aliphatic carboxylic acids is 1. The molecule has 0 heterocycles. The minimum absolute atomic E-state index is 0.00375. The van der Waals surface area contributed by atoms with Gasteiger partial charge in [0.25, 0.3) is 0 Å². The highest BCUT2D eigenvalue weighted by atomic mass is 16.5. The topological polar surface area (TPSA) is 95.9 Å². The molecule has 2 N–H and O–H groups in total. The molecule has 1 unspecified atom stereocenters. The summed E-state index contributed by atoms with van der Waals surface area (Å²) in [5, 5.41) is 11.6. The Kier molecular flexibility index (Phi) is 8.68. The number of carbonyl (C=O) groups is 3. The molecule has 7 heteroatoms. The summed E-state index contributed by atoms with van der Waals surface area (Å²) in [7, 11) is 0. The summed E-state index contributed by atoms with van der Waals surface area (Å²) in [6.07, 6.45) is 0.437. The molecule has 1 atom stereocenters. The van der Waals surface area contributed by atoms with Crippen LogP contribution >= 0.6 is 0 Å². The van der Waals surface area contributed by atoms with Crippen molar-refractivity contribution in [1.82, 2.24) is 10.2 Å². The van der Waals surface area contributed by atoms with Gasteiger partial charge in [0.05, 0.1) is 0 Å². The maximum Gasteiger partial charge on any atom is 0.407 e. The third kappa shape index (κ3) is 6.16. The number of hydrogen-bond acceptors (Lipinski definition) is 4. The third-order valence-electron chi connectivity index (χ3n) is 6.31. The van der Waals surface area contributed by atoms with Gasteiger partial charge in [-0.1, -0.05) is 55.5 Å². The number of carboxylic acids is 1. The molecule has 0 saturated carbocycles. The Morgan fingerprint density at radius 1 is 1.00 bits per heavy atom. The van der Waals surface area contributed by atoms with Gasteiger partial charge in [-0.3, -0.25) is 9.59 Å². The fourth-order valence-electron chi connectivity index (χ4n) is 4.47. The van der Waals surface area contributed by atoms with Crippen LogP contribution in [0.5, 0.6) is 0 Å². The van der Waals surface area contributed by atoms with Crippen LogP contribution in [0.4, 0.5) is 4.79 Å². The van der Waals surface area contributed by atoms with Crippen LogP contribution < -0.4 is 5.32 Å². The van der Waals surface area contributed by atoms with Gasteiger partial charge in [-0.2, -0.15) is 0 Å². The first-order valence-corrected chi connectivity index (χ1v) is 11.9. The molecule has 34 heavy (non-hydrogen) atoms. The Morgan fingerprint density at radius 3 is 2.15 bits per heavy atom. The SMILES string of the molecule is CC(CCNC(=O)OCC1c2ccccc2-c2ccccc21)C(=O)N(CCCC(=O)O)C(C)C. The zero-order valence-corrected chi connectivity index (χ0v) is 20.1. The van der Waals surface area contributed by atoms with Gasteiger partial charge in [0.2, 0.25) is 5.91 Å². The Hall–Kier alpha value is -3.35. The van der Waals surface area contributed by atoms with Crippen molar-refractivity contribution in [2.24, 2.45) is 5.92 Å². The van der Waals surface area contributed by atoms with Crippen LogP contribution in [-0.4, -0.2) is 53.7 Å². The maximum absolute atomic E-state index is 12.8. The number of ether oxygens (including phenoxy) is 1. The predicted octanol–water partition coefficient (Wildman–Crippen LogP) is 4.65. The van der Waals surface area contributed by atoms with Crippen molar-refractivity contribution < 1.29 is 24.2 Å². The highest BCUT2D eigenvalue weighted by molar-refractivity contribution is 5.80. The smallest absolute Gasteiger partial charge is 0.407 e. The van der Waals surface area contributed by atoms with Crippen molar-refractivity contribution in [2.45, 2.75) is 52.0 Å². The van der Waals surface area contributed by atoms with Gasteiger partial charge in [0.15, 0.2) is 0 Å². The van der Waals surface area contributed by atoms with Gasteiger partial charge < -0.3 is 20.1 Å². The summed E-state index contributed by atoms with van der Waals surface area (Å²) >= 11 is 0. The van der Waals surface area contributed by atoms with E-state index in [0.29, 0.717) is 25.9 Å². The lowest BCUT2D eigenvalue weighted by Gasteiger charge is -2.29. The molecule has 0 spiro atoms. The molecule has 0 aromatic heterocycles. The van der Waals surface area contributed by atoms with Gasteiger partial charge >= 0.3 is 12.1 Å². The molecule has 0 radical (unpaired) electrons. The van der Waals surface area contributed by atoms with Crippen LogP contribution in [-0.2, 0) is 14.3 Å². The number of nitrogens with one attached hydrogen (secondary N) is 1. The van der Waals surface area contributed by atoms with Crippen LogP contribution in [0, 0.1) is 5.92 Å². The molecule has 1 aliphatic rings. The zero-order valence-electron chi connectivity index (χ0n) is 20.1. The van der Waals surface area contributed by atoms with Crippen molar-refractivity contribution in [3.63, 3.8) is 0 Å². The molecule has 0 saturated heterocycles. The summed E-state index contributed by atoms with van der Waals surface area (Å²) in [6.45, 7) is 6.64. The summed E-state index contributed by atoms with van der Waals surface area (Å²) in [4.78, 5) is 37.6. The van der Waals surface area contributed by atoms with Crippen LogP contribution in [0.1, 0.15) is 57.1 Å². The average Bonchev–Trinajstić information content (AvgIpc) is 3.13. The molecule has 0 fully saturated rings. The van der Waals surface area contributed by atoms with E-state index in [2.05, 4.69) is 29.6 Å². The maximum atomic E-state index is 12.8. The van der Waals surface area contributed by atoms with Crippen molar-refractivity contribution in [3.05, 3.63) is 59.7 Å². The second kappa shape index (κ2) is 11.7. The van der Waals surface area contributed by atoms with E-state index in [1.165, 1.54) is 11.1 Å². The lowest BCUT2D eigenvalue weighted by Crippen LogP contribution is -2.41. The minimum atomic E-state index is -0.864. The Balaban J connectivity index is 1.46. The molecule has 2 aromatic carbocycles. The number of carboxylic acid groups (broad SMARTS) is 1. The van der Waals surface area contributed by atoms with Crippen molar-refractivity contribution in [3.8, 4) is 11.1 Å². The number of carbonyl (C=O) groups excluding carboxylic acids is 2. The quantitative estimate of drug-likeness (QED) is 0.502. The second-order valence-corrected chi connectivity index (χ2v) is 9.06. The second-order valence-electron chi connectivity index (χ2n) is 9.06. The molecular formula is C27H34N2O5. The molecular weight excluding hydrogens is 432 g/mol. The Labute approximate surface area is 201 Å². The molecule has 1 aliphatic carbocycles. The van der Waals surface area contributed by atoms with Crippen molar-refractivity contribution in [1.29, 1.82) is 0 Å². The van der Waals surface area contributed by atoms with Crippen LogP contribution in [0.25, 0.3) is 11.1 Å². The van der Waals surface area contributed by atoms with Gasteiger partial charge in [0, 0.05) is 37.4 Å². The first kappa shape index (κ1) is 25.3. The van der Waals surface area contributed by atoms with E-state index in [1.807, 2.05) is 45.0 Å². The van der Waals surface area contributed by atoms with E-state index in [-0.39, 0.29) is 36.8 Å². The molecule has 182 valence electrons. The molecule has 7 nitrogen and oxygen atoms in total. The standard InChI is InChI=1S/C27H34N2O5/c1-18(2)29(16-8-13-25(30)31)26(32)19(3)14-15-28-27(33)34-17-24-22-11-6-4-9-20(22)21-10-5-7-12-23(21)24/h4-7,9-12,18-19,24H,8,13-17H2,1-3H3,(H,28,33)(H,30,31). The van der Waals surface area contributed by atoms with Gasteiger partial charge in [-0.25, -0.2) is 4.79 Å². The number of nitrogens with zero attached hydrogens (tertiary/aromatic N) is 1. The number of hydrogen-bond donors (Lipinski definition) is 2. The van der Waals surface area contributed by atoms with Crippen molar-refractivity contribution in [2.75, 3.05) is 19.7 Å². The van der Waals surface area contributed by atoms with E-state index in [0.717, 1.165) is 11.1 Å². The first-order valence-electron chi connectivity index (χ1n) is 11.9. The number of rotatable bonds is 11. The number of alkyl carbamates (subject to hydrolysis) is 1.